The van der Waals surface area contributed by atoms with Gasteiger partial charge >= 0.3 is 0 Å². The minimum absolute atomic E-state index is 0.410. The van der Waals surface area contributed by atoms with E-state index in [0.29, 0.717) is 11.3 Å². The summed E-state index contributed by atoms with van der Waals surface area (Å²) in [5.74, 6) is 1.99. The number of aliphatic hydroxyl groups is 1. The first-order valence-electron chi connectivity index (χ1n) is 6.71. The highest BCUT2D eigenvalue weighted by Crippen LogP contribution is 2.41. The van der Waals surface area contributed by atoms with E-state index in [0.717, 1.165) is 24.6 Å². The van der Waals surface area contributed by atoms with Crippen LogP contribution in [-0.4, -0.2) is 34.3 Å². The van der Waals surface area contributed by atoms with E-state index in [1.807, 2.05) is 11.8 Å². The molecule has 0 aliphatic heterocycles. The van der Waals surface area contributed by atoms with Crippen molar-refractivity contribution in [1.29, 1.82) is 0 Å². The fourth-order valence-corrected chi connectivity index (χ4v) is 4.15. The van der Waals surface area contributed by atoms with Gasteiger partial charge in [0.25, 0.3) is 0 Å². The Morgan fingerprint density at radius 3 is 2.69 bits per heavy atom. The van der Waals surface area contributed by atoms with Crippen molar-refractivity contribution in [3.05, 3.63) is 0 Å². The van der Waals surface area contributed by atoms with E-state index in [-0.39, 0.29) is 0 Å². The number of hydrogen-bond donors (Lipinski definition) is 2. The van der Waals surface area contributed by atoms with Crippen LogP contribution < -0.4 is 5.32 Å². The summed E-state index contributed by atoms with van der Waals surface area (Å²) in [4.78, 5) is 0. The van der Waals surface area contributed by atoms with Crippen LogP contribution in [0.2, 0.25) is 0 Å². The van der Waals surface area contributed by atoms with Gasteiger partial charge in [-0.25, -0.2) is 0 Å². The summed E-state index contributed by atoms with van der Waals surface area (Å²) in [6.07, 6.45) is 6.12. The Morgan fingerprint density at radius 1 is 1.38 bits per heavy atom. The Labute approximate surface area is 104 Å². The van der Waals surface area contributed by atoms with Gasteiger partial charge in [0, 0.05) is 17.8 Å². The van der Waals surface area contributed by atoms with E-state index in [1.54, 1.807) is 0 Å². The number of nitrogens with one attached hydrogen (secondary N) is 1. The quantitative estimate of drug-likeness (QED) is 0.778. The Kier molecular flexibility index (Phi) is 4.20. The smallest absolute Gasteiger partial charge is 0.0889 e. The maximum Gasteiger partial charge on any atom is 0.0889 e. The Hall–Kier alpha value is 0.270. The van der Waals surface area contributed by atoms with Gasteiger partial charge in [0.1, 0.15) is 0 Å². The lowest BCUT2D eigenvalue weighted by molar-refractivity contribution is -0.0252. The highest BCUT2D eigenvalue weighted by molar-refractivity contribution is 8.00. The summed E-state index contributed by atoms with van der Waals surface area (Å²) in [5.41, 5.74) is -0.410. The molecule has 0 heterocycles. The van der Waals surface area contributed by atoms with Crippen LogP contribution in [0.5, 0.6) is 0 Å². The van der Waals surface area contributed by atoms with Crippen LogP contribution in [0.15, 0.2) is 0 Å². The Morgan fingerprint density at radius 2 is 2.19 bits per heavy atom. The predicted octanol–water partition coefficient (Wildman–Crippen LogP) is 2.41. The summed E-state index contributed by atoms with van der Waals surface area (Å²) in [5, 5.41) is 14.5. The van der Waals surface area contributed by atoms with Gasteiger partial charge in [0.2, 0.25) is 0 Å². The van der Waals surface area contributed by atoms with Crippen molar-refractivity contribution in [2.45, 2.75) is 62.8 Å². The molecule has 0 spiro atoms. The second kappa shape index (κ2) is 5.28. The van der Waals surface area contributed by atoms with Crippen LogP contribution >= 0.6 is 11.8 Å². The minimum Gasteiger partial charge on any atom is -0.387 e. The van der Waals surface area contributed by atoms with Crippen molar-refractivity contribution in [1.82, 2.24) is 5.32 Å². The van der Waals surface area contributed by atoms with E-state index < -0.39 is 5.60 Å². The molecule has 2 rings (SSSR count). The molecule has 0 aromatic rings. The molecule has 2 N–H and O–H groups in total. The maximum atomic E-state index is 10.4. The number of rotatable bonds is 5. The average molecular weight is 243 g/mol. The summed E-state index contributed by atoms with van der Waals surface area (Å²) in [6.45, 7) is 5.31. The second-order valence-electron chi connectivity index (χ2n) is 5.58. The topological polar surface area (TPSA) is 32.3 Å². The third-order valence-electron chi connectivity index (χ3n) is 4.20. The molecule has 0 bridgehead atoms. The summed E-state index contributed by atoms with van der Waals surface area (Å²) < 4.78 is 0. The van der Waals surface area contributed by atoms with E-state index in [1.165, 1.54) is 25.7 Å². The molecular formula is C13H25NOS. The van der Waals surface area contributed by atoms with Crippen molar-refractivity contribution in [2.75, 3.05) is 12.3 Å². The van der Waals surface area contributed by atoms with Crippen LogP contribution in [0.4, 0.5) is 0 Å². The first kappa shape index (κ1) is 12.7. The molecule has 16 heavy (non-hydrogen) atoms. The van der Waals surface area contributed by atoms with Gasteiger partial charge in [-0.1, -0.05) is 13.8 Å². The van der Waals surface area contributed by atoms with Gasteiger partial charge in [-0.15, -0.1) is 0 Å². The van der Waals surface area contributed by atoms with E-state index in [2.05, 4.69) is 19.2 Å². The van der Waals surface area contributed by atoms with E-state index in [4.69, 9.17) is 0 Å². The molecule has 0 aromatic heterocycles. The summed E-state index contributed by atoms with van der Waals surface area (Å²) >= 11 is 1.92. The molecular weight excluding hydrogens is 218 g/mol. The lowest BCUT2D eigenvalue weighted by Crippen LogP contribution is -2.57. The third kappa shape index (κ3) is 2.74. The van der Waals surface area contributed by atoms with Crippen LogP contribution in [0.25, 0.3) is 0 Å². The van der Waals surface area contributed by atoms with Crippen LogP contribution in [0.1, 0.15) is 46.0 Å². The Bertz CT molecular complexity index is 236. The molecule has 0 aromatic carbocycles. The lowest BCUT2D eigenvalue weighted by Gasteiger charge is -2.45. The van der Waals surface area contributed by atoms with Crippen LogP contribution in [-0.2, 0) is 0 Å². The molecule has 0 amide bonds. The maximum absolute atomic E-state index is 10.4. The van der Waals surface area contributed by atoms with Crippen LogP contribution in [0.3, 0.4) is 0 Å². The molecule has 2 nitrogen and oxygen atoms in total. The fourth-order valence-electron chi connectivity index (χ4n) is 2.95. The van der Waals surface area contributed by atoms with Gasteiger partial charge < -0.3 is 10.4 Å². The molecule has 2 fully saturated rings. The molecule has 94 valence electrons. The highest BCUT2D eigenvalue weighted by atomic mass is 32.2. The van der Waals surface area contributed by atoms with Crippen molar-refractivity contribution < 1.29 is 5.11 Å². The standard InChI is InChI=1S/C13H25NOS/c1-3-16-12-6-7-13(12,15)9-14-11-5-4-10(2)8-11/h10-12,14-15H,3-9H2,1-2H3. The van der Waals surface area contributed by atoms with Crippen LogP contribution in [0, 0.1) is 5.92 Å². The number of thioether (sulfide) groups is 1. The second-order valence-corrected chi connectivity index (χ2v) is 7.06. The zero-order valence-electron chi connectivity index (χ0n) is 10.5. The van der Waals surface area contributed by atoms with Crippen molar-refractivity contribution in [3.63, 3.8) is 0 Å². The van der Waals surface area contributed by atoms with Crippen molar-refractivity contribution in [3.8, 4) is 0 Å². The van der Waals surface area contributed by atoms with E-state index in [9.17, 15) is 5.11 Å². The largest absolute Gasteiger partial charge is 0.387 e. The fraction of sp³-hybridized carbons (Fsp3) is 1.00. The first-order valence-corrected chi connectivity index (χ1v) is 7.76. The van der Waals surface area contributed by atoms with E-state index >= 15 is 0 Å². The predicted molar refractivity (Wildman–Crippen MR) is 70.9 cm³/mol. The molecule has 2 aliphatic rings. The molecule has 3 heteroatoms. The lowest BCUT2D eigenvalue weighted by atomic mass is 9.79. The Balaban J connectivity index is 1.72. The highest BCUT2D eigenvalue weighted by Gasteiger charge is 2.45. The zero-order chi connectivity index (χ0) is 11.6. The molecule has 0 saturated heterocycles. The minimum atomic E-state index is -0.410. The third-order valence-corrected chi connectivity index (χ3v) is 5.61. The number of hydrogen-bond acceptors (Lipinski definition) is 3. The molecule has 2 saturated carbocycles. The molecule has 4 unspecified atom stereocenters. The average Bonchev–Trinajstić information content (AvgIpc) is 2.67. The zero-order valence-corrected chi connectivity index (χ0v) is 11.4. The van der Waals surface area contributed by atoms with Crippen molar-refractivity contribution >= 4 is 11.8 Å². The van der Waals surface area contributed by atoms with Gasteiger partial charge in [0.15, 0.2) is 0 Å². The SMILES string of the molecule is CCSC1CCC1(O)CNC1CCC(C)C1. The van der Waals surface area contributed by atoms with Gasteiger partial charge in [-0.05, 0) is 43.8 Å². The summed E-state index contributed by atoms with van der Waals surface area (Å²) in [7, 11) is 0. The van der Waals surface area contributed by atoms with Crippen molar-refractivity contribution in [2.24, 2.45) is 5.92 Å². The molecule has 4 atom stereocenters. The first-order chi connectivity index (χ1) is 7.64. The molecule has 2 aliphatic carbocycles. The summed E-state index contributed by atoms with van der Waals surface area (Å²) in [6, 6.07) is 0.659. The monoisotopic (exact) mass is 243 g/mol. The van der Waals surface area contributed by atoms with Gasteiger partial charge in [0.05, 0.1) is 5.60 Å². The molecule has 0 radical (unpaired) electrons. The van der Waals surface area contributed by atoms with Gasteiger partial charge in [-0.2, -0.15) is 11.8 Å². The normalized spacial score (nSPS) is 43.3. The van der Waals surface area contributed by atoms with Gasteiger partial charge in [-0.3, -0.25) is 0 Å².